The van der Waals surface area contributed by atoms with E-state index in [1.54, 1.807) is 6.92 Å². The van der Waals surface area contributed by atoms with E-state index < -0.39 is 5.97 Å². The third kappa shape index (κ3) is 3.77. The van der Waals surface area contributed by atoms with Crippen LogP contribution in [0.3, 0.4) is 0 Å². The molecular weight excluding hydrogens is 134 g/mol. The molecule has 4 nitrogen and oxygen atoms in total. The summed E-state index contributed by atoms with van der Waals surface area (Å²) in [7, 11) is 1.38. The highest BCUT2D eigenvalue weighted by Crippen LogP contribution is 1.86. The van der Waals surface area contributed by atoms with Crippen molar-refractivity contribution in [2.24, 2.45) is 5.73 Å². The van der Waals surface area contributed by atoms with E-state index in [4.69, 9.17) is 5.73 Å². The summed E-state index contributed by atoms with van der Waals surface area (Å²) in [5.74, 6) is -0.430. The van der Waals surface area contributed by atoms with Crippen LogP contribution < -0.4 is 5.73 Å². The van der Waals surface area contributed by atoms with Gasteiger partial charge in [0.25, 0.3) is 0 Å². The highest BCUT2D eigenvalue weighted by Gasteiger charge is 1.96. The lowest BCUT2D eigenvalue weighted by atomic mass is 10.6. The number of nitrogens with two attached hydrogens (primary N) is 1. The second kappa shape index (κ2) is 4.67. The molecule has 0 aromatic carbocycles. The number of hydrogen-bond donors (Lipinski definition) is 1. The molecule has 0 rings (SSSR count). The van der Waals surface area contributed by atoms with Crippen molar-refractivity contribution in [2.75, 3.05) is 13.7 Å². The second-order valence-corrected chi connectivity index (χ2v) is 1.50. The van der Waals surface area contributed by atoms with Crippen LogP contribution in [0.25, 0.3) is 0 Å². The van der Waals surface area contributed by atoms with Crippen molar-refractivity contribution in [3.63, 3.8) is 0 Å². The Morgan fingerprint density at radius 3 is 2.70 bits per heavy atom. The van der Waals surface area contributed by atoms with Crippen LogP contribution in [0.2, 0.25) is 0 Å². The molecule has 0 bridgehead atoms. The van der Waals surface area contributed by atoms with Crippen molar-refractivity contribution in [2.45, 2.75) is 6.92 Å². The van der Waals surface area contributed by atoms with E-state index in [1.807, 2.05) is 0 Å². The molecule has 0 aliphatic rings. The molecule has 0 heterocycles. The number of hydrogen-bond acceptors (Lipinski definition) is 4. The first kappa shape index (κ1) is 8.81. The maximum absolute atomic E-state index is 10.6. The normalized spacial score (nSPS) is 10.8. The fourth-order valence-corrected chi connectivity index (χ4v) is 0.359. The number of ether oxygens (including phenoxy) is 2. The van der Waals surface area contributed by atoms with Gasteiger partial charge in [-0.15, -0.1) is 0 Å². The fraction of sp³-hybridized carbons (Fsp3) is 0.500. The third-order valence-corrected chi connectivity index (χ3v) is 0.782. The van der Waals surface area contributed by atoms with Crippen LogP contribution in [-0.2, 0) is 14.3 Å². The monoisotopic (exact) mass is 145 g/mol. The van der Waals surface area contributed by atoms with Gasteiger partial charge in [0.1, 0.15) is 0 Å². The standard InChI is InChI=1S/C6H11NO3/c1-3-10-6(8)4-5(7)9-2/h4H,3,7H2,1-2H3/b5-4-. The highest BCUT2D eigenvalue weighted by molar-refractivity contribution is 5.82. The smallest absolute Gasteiger partial charge is 0.336 e. The molecule has 0 saturated carbocycles. The van der Waals surface area contributed by atoms with Crippen molar-refractivity contribution in [3.05, 3.63) is 12.0 Å². The van der Waals surface area contributed by atoms with Gasteiger partial charge >= 0.3 is 5.97 Å². The van der Waals surface area contributed by atoms with Gasteiger partial charge in [-0.2, -0.15) is 0 Å². The van der Waals surface area contributed by atoms with Crippen LogP contribution in [-0.4, -0.2) is 19.7 Å². The molecule has 0 amide bonds. The molecule has 0 aromatic heterocycles. The number of rotatable bonds is 3. The van der Waals surface area contributed by atoms with E-state index in [0.29, 0.717) is 6.61 Å². The summed E-state index contributed by atoms with van der Waals surface area (Å²) in [4.78, 5) is 10.6. The van der Waals surface area contributed by atoms with E-state index >= 15 is 0 Å². The molecule has 0 spiro atoms. The Morgan fingerprint density at radius 1 is 1.70 bits per heavy atom. The van der Waals surface area contributed by atoms with E-state index in [1.165, 1.54) is 7.11 Å². The first-order valence-corrected chi connectivity index (χ1v) is 2.88. The average Bonchev–Trinajstić information content (AvgIpc) is 1.88. The maximum atomic E-state index is 10.6. The van der Waals surface area contributed by atoms with Crippen molar-refractivity contribution in [3.8, 4) is 0 Å². The summed E-state index contributed by atoms with van der Waals surface area (Å²) in [6.07, 6.45) is 1.09. The van der Waals surface area contributed by atoms with Crippen LogP contribution >= 0.6 is 0 Å². The van der Waals surface area contributed by atoms with Gasteiger partial charge in [-0.05, 0) is 6.92 Å². The summed E-state index contributed by atoms with van der Waals surface area (Å²) in [6, 6.07) is 0. The molecule has 0 aromatic rings. The Balaban J connectivity index is 3.75. The molecule has 0 atom stereocenters. The zero-order valence-corrected chi connectivity index (χ0v) is 6.09. The Bertz CT molecular complexity index is 142. The predicted molar refractivity (Wildman–Crippen MR) is 35.9 cm³/mol. The average molecular weight is 145 g/mol. The van der Waals surface area contributed by atoms with Gasteiger partial charge in [-0.25, -0.2) is 4.79 Å². The van der Waals surface area contributed by atoms with Crippen molar-refractivity contribution in [1.29, 1.82) is 0 Å². The summed E-state index contributed by atoms with van der Waals surface area (Å²) in [5.41, 5.74) is 5.14. The largest absolute Gasteiger partial charge is 0.482 e. The topological polar surface area (TPSA) is 61.5 Å². The highest BCUT2D eigenvalue weighted by atomic mass is 16.5. The Labute approximate surface area is 59.6 Å². The second-order valence-electron chi connectivity index (χ2n) is 1.50. The SMILES string of the molecule is CCOC(=O)/C=C(/N)OC. The van der Waals surface area contributed by atoms with Gasteiger partial charge in [0, 0.05) is 0 Å². The zero-order chi connectivity index (χ0) is 7.98. The molecule has 58 valence electrons. The summed E-state index contributed by atoms with van der Waals surface area (Å²) in [5, 5.41) is 0. The molecule has 2 N–H and O–H groups in total. The summed E-state index contributed by atoms with van der Waals surface area (Å²) < 4.78 is 9.04. The molecule has 0 unspecified atom stereocenters. The van der Waals surface area contributed by atoms with Gasteiger partial charge in [0.15, 0.2) is 5.88 Å². The van der Waals surface area contributed by atoms with Crippen molar-refractivity contribution < 1.29 is 14.3 Å². The van der Waals surface area contributed by atoms with Gasteiger partial charge in [-0.3, -0.25) is 0 Å². The Hall–Kier alpha value is -1.19. The van der Waals surface area contributed by atoms with Gasteiger partial charge in [-0.1, -0.05) is 0 Å². The number of methoxy groups -OCH3 is 1. The van der Waals surface area contributed by atoms with Gasteiger partial charge < -0.3 is 15.2 Å². The number of esters is 1. The lowest BCUT2D eigenvalue weighted by molar-refractivity contribution is -0.137. The van der Waals surface area contributed by atoms with Crippen molar-refractivity contribution in [1.82, 2.24) is 0 Å². The molecule has 10 heavy (non-hydrogen) atoms. The predicted octanol–water partition coefficient (Wildman–Crippen LogP) is -0.00400. The lowest BCUT2D eigenvalue weighted by Crippen LogP contribution is -2.06. The molecule has 0 radical (unpaired) electrons. The van der Waals surface area contributed by atoms with Crippen LogP contribution in [0.1, 0.15) is 6.92 Å². The Morgan fingerprint density at radius 2 is 2.30 bits per heavy atom. The van der Waals surface area contributed by atoms with Gasteiger partial charge in [0.2, 0.25) is 0 Å². The minimum absolute atomic E-state index is 0.0541. The zero-order valence-electron chi connectivity index (χ0n) is 6.09. The van der Waals surface area contributed by atoms with Crippen LogP contribution in [0.4, 0.5) is 0 Å². The molecule has 0 aliphatic carbocycles. The molecule has 0 fully saturated rings. The minimum Gasteiger partial charge on any atom is -0.482 e. The molecule has 0 aliphatic heterocycles. The van der Waals surface area contributed by atoms with E-state index in [0.717, 1.165) is 6.08 Å². The lowest BCUT2D eigenvalue weighted by Gasteiger charge is -1.97. The molecule has 4 heteroatoms. The summed E-state index contributed by atoms with van der Waals surface area (Å²) in [6.45, 7) is 2.06. The van der Waals surface area contributed by atoms with Crippen LogP contribution in [0.15, 0.2) is 12.0 Å². The van der Waals surface area contributed by atoms with Crippen LogP contribution in [0.5, 0.6) is 0 Å². The quantitative estimate of drug-likeness (QED) is 0.345. The van der Waals surface area contributed by atoms with E-state index in [-0.39, 0.29) is 5.88 Å². The molecule has 0 saturated heterocycles. The fourth-order valence-electron chi connectivity index (χ4n) is 0.359. The van der Waals surface area contributed by atoms with E-state index in [9.17, 15) is 4.79 Å². The molecular formula is C6H11NO3. The van der Waals surface area contributed by atoms with Crippen molar-refractivity contribution >= 4 is 5.97 Å². The Kier molecular flexibility index (Phi) is 4.11. The number of carbonyl (C=O) groups is 1. The summed E-state index contributed by atoms with van der Waals surface area (Å²) >= 11 is 0. The van der Waals surface area contributed by atoms with Crippen LogP contribution in [0, 0.1) is 0 Å². The van der Waals surface area contributed by atoms with E-state index in [2.05, 4.69) is 9.47 Å². The first-order valence-electron chi connectivity index (χ1n) is 2.88. The third-order valence-electron chi connectivity index (χ3n) is 0.782. The maximum Gasteiger partial charge on any atom is 0.336 e. The minimum atomic E-state index is -0.484. The first-order chi connectivity index (χ1) is 4.70. The number of carbonyl (C=O) groups excluding carboxylic acids is 1. The van der Waals surface area contributed by atoms with Gasteiger partial charge in [0.05, 0.1) is 19.8 Å².